The predicted octanol–water partition coefficient (Wildman–Crippen LogP) is 1.33. The van der Waals surface area contributed by atoms with Crippen molar-refractivity contribution in [3.63, 3.8) is 0 Å². The standard InChI is InChI=1S/C5H8FN/c1-4(6)3-5(2)7/h3H,2,7H2,1H3/b4-3-. The highest BCUT2D eigenvalue weighted by atomic mass is 19.1. The Morgan fingerprint density at radius 3 is 2.29 bits per heavy atom. The second kappa shape index (κ2) is 2.39. The topological polar surface area (TPSA) is 26.0 Å². The van der Waals surface area contributed by atoms with Gasteiger partial charge in [-0.05, 0) is 13.0 Å². The number of allylic oxidation sites excluding steroid dienone is 2. The lowest BCUT2D eigenvalue weighted by molar-refractivity contribution is 0.639. The van der Waals surface area contributed by atoms with Gasteiger partial charge in [-0.15, -0.1) is 0 Å². The molecule has 0 atom stereocenters. The van der Waals surface area contributed by atoms with Gasteiger partial charge in [-0.2, -0.15) is 0 Å². The molecule has 0 aliphatic heterocycles. The van der Waals surface area contributed by atoms with E-state index in [0.29, 0.717) is 0 Å². The fourth-order valence-corrected chi connectivity index (χ4v) is 0.255. The Balaban J connectivity index is 3.68. The first-order valence-corrected chi connectivity index (χ1v) is 1.91. The zero-order chi connectivity index (χ0) is 5.86. The van der Waals surface area contributed by atoms with Crippen molar-refractivity contribution in [2.45, 2.75) is 6.92 Å². The summed E-state index contributed by atoms with van der Waals surface area (Å²) >= 11 is 0. The minimum Gasteiger partial charge on any atom is -0.399 e. The van der Waals surface area contributed by atoms with E-state index in [1.54, 1.807) is 0 Å². The third-order valence-corrected chi connectivity index (χ3v) is 0.384. The highest BCUT2D eigenvalue weighted by Crippen LogP contribution is 1.93. The van der Waals surface area contributed by atoms with Crippen molar-refractivity contribution in [2.24, 2.45) is 5.73 Å². The van der Waals surface area contributed by atoms with Crippen LogP contribution in [0.25, 0.3) is 0 Å². The zero-order valence-electron chi connectivity index (χ0n) is 4.24. The molecule has 0 aromatic carbocycles. The summed E-state index contributed by atoms with van der Waals surface area (Å²) < 4.78 is 11.7. The van der Waals surface area contributed by atoms with Crippen LogP contribution in [0, 0.1) is 0 Å². The Labute approximate surface area is 42.3 Å². The van der Waals surface area contributed by atoms with Crippen LogP contribution in [0.3, 0.4) is 0 Å². The number of hydrogen-bond donors (Lipinski definition) is 1. The molecule has 0 rings (SSSR count). The molecule has 0 aromatic rings. The first-order chi connectivity index (χ1) is 3.13. The van der Waals surface area contributed by atoms with E-state index in [4.69, 9.17) is 5.73 Å². The molecule has 0 bridgehead atoms. The van der Waals surface area contributed by atoms with E-state index >= 15 is 0 Å². The monoisotopic (exact) mass is 101 g/mol. The van der Waals surface area contributed by atoms with Gasteiger partial charge in [-0.1, -0.05) is 6.58 Å². The van der Waals surface area contributed by atoms with Gasteiger partial charge in [0.1, 0.15) is 0 Å². The number of halogens is 1. The predicted molar refractivity (Wildman–Crippen MR) is 28.2 cm³/mol. The molecule has 0 fully saturated rings. The van der Waals surface area contributed by atoms with Crippen LogP contribution in [0.2, 0.25) is 0 Å². The van der Waals surface area contributed by atoms with Crippen LogP contribution in [0.5, 0.6) is 0 Å². The Morgan fingerprint density at radius 2 is 2.29 bits per heavy atom. The third kappa shape index (κ3) is 5.21. The molecular weight excluding hydrogens is 93.1 g/mol. The molecule has 0 aliphatic carbocycles. The van der Waals surface area contributed by atoms with Gasteiger partial charge in [0.05, 0.1) is 5.83 Å². The van der Waals surface area contributed by atoms with Crippen LogP contribution in [0.15, 0.2) is 24.2 Å². The molecule has 0 aromatic heterocycles. The maximum atomic E-state index is 11.7. The van der Waals surface area contributed by atoms with Crippen LogP contribution >= 0.6 is 0 Å². The lowest BCUT2D eigenvalue weighted by atomic mass is 10.4. The molecule has 0 amide bonds. The second-order valence-electron chi connectivity index (χ2n) is 1.31. The molecule has 1 nitrogen and oxygen atoms in total. The normalized spacial score (nSPS) is 11.4. The fourth-order valence-electron chi connectivity index (χ4n) is 0.255. The second-order valence-corrected chi connectivity index (χ2v) is 1.31. The van der Waals surface area contributed by atoms with Crippen molar-refractivity contribution < 1.29 is 4.39 Å². The molecule has 7 heavy (non-hydrogen) atoms. The van der Waals surface area contributed by atoms with Gasteiger partial charge in [-0.25, -0.2) is 4.39 Å². The molecular formula is C5H8FN. The van der Waals surface area contributed by atoms with Crippen LogP contribution in [-0.2, 0) is 0 Å². The van der Waals surface area contributed by atoms with Crippen molar-refractivity contribution in [1.29, 1.82) is 0 Å². The molecule has 0 aliphatic rings. The van der Waals surface area contributed by atoms with Crippen molar-refractivity contribution in [1.82, 2.24) is 0 Å². The van der Waals surface area contributed by atoms with Gasteiger partial charge in [-0.3, -0.25) is 0 Å². The average molecular weight is 101 g/mol. The average Bonchev–Trinajstić information content (AvgIpc) is 1.27. The lowest BCUT2D eigenvalue weighted by Gasteiger charge is -1.82. The molecule has 0 radical (unpaired) electrons. The van der Waals surface area contributed by atoms with Gasteiger partial charge >= 0.3 is 0 Å². The highest BCUT2D eigenvalue weighted by molar-refractivity contribution is 5.11. The van der Waals surface area contributed by atoms with Crippen molar-refractivity contribution >= 4 is 0 Å². The molecule has 2 heteroatoms. The Bertz CT molecular complexity index is 101. The molecule has 40 valence electrons. The summed E-state index contributed by atoms with van der Waals surface area (Å²) in [6.07, 6.45) is 1.17. The smallest absolute Gasteiger partial charge is 0.0988 e. The Kier molecular flexibility index (Phi) is 2.12. The van der Waals surface area contributed by atoms with Crippen LogP contribution in [-0.4, -0.2) is 0 Å². The largest absolute Gasteiger partial charge is 0.399 e. The maximum Gasteiger partial charge on any atom is 0.0988 e. The first kappa shape index (κ1) is 6.21. The van der Waals surface area contributed by atoms with Crippen molar-refractivity contribution in [2.75, 3.05) is 0 Å². The van der Waals surface area contributed by atoms with Crippen LogP contribution in [0.1, 0.15) is 6.92 Å². The highest BCUT2D eigenvalue weighted by Gasteiger charge is 1.78. The zero-order valence-corrected chi connectivity index (χ0v) is 4.24. The number of rotatable bonds is 1. The molecule has 2 N–H and O–H groups in total. The van der Waals surface area contributed by atoms with Gasteiger partial charge in [0.25, 0.3) is 0 Å². The Hall–Kier alpha value is -0.790. The molecule has 0 saturated heterocycles. The minimum atomic E-state index is -0.312. The van der Waals surface area contributed by atoms with E-state index in [2.05, 4.69) is 6.58 Å². The molecule has 0 heterocycles. The number of nitrogens with two attached hydrogens (primary N) is 1. The minimum absolute atomic E-state index is 0.250. The van der Waals surface area contributed by atoms with E-state index in [1.807, 2.05) is 0 Å². The summed E-state index contributed by atoms with van der Waals surface area (Å²) in [6.45, 7) is 4.57. The quantitative estimate of drug-likeness (QED) is 0.495. The lowest BCUT2D eigenvalue weighted by Crippen LogP contribution is -1.88. The van der Waals surface area contributed by atoms with Crippen LogP contribution in [0.4, 0.5) is 4.39 Å². The van der Waals surface area contributed by atoms with Crippen molar-refractivity contribution in [3.05, 3.63) is 24.2 Å². The van der Waals surface area contributed by atoms with Gasteiger partial charge < -0.3 is 5.73 Å². The summed E-state index contributed by atoms with van der Waals surface area (Å²) in [6, 6.07) is 0. The molecule has 0 unspecified atom stereocenters. The van der Waals surface area contributed by atoms with E-state index in [-0.39, 0.29) is 11.5 Å². The maximum absolute atomic E-state index is 11.7. The summed E-state index contributed by atoms with van der Waals surface area (Å²) in [4.78, 5) is 0. The molecule has 0 saturated carbocycles. The van der Waals surface area contributed by atoms with Gasteiger partial charge in [0.2, 0.25) is 0 Å². The number of hydrogen-bond acceptors (Lipinski definition) is 1. The van der Waals surface area contributed by atoms with Crippen LogP contribution < -0.4 is 5.73 Å². The van der Waals surface area contributed by atoms with E-state index in [9.17, 15) is 4.39 Å². The summed E-state index contributed by atoms with van der Waals surface area (Å²) in [5, 5.41) is 0. The molecule has 0 spiro atoms. The van der Waals surface area contributed by atoms with E-state index in [0.717, 1.165) is 0 Å². The SMILES string of the molecule is C=C(N)/C=C(/C)F. The van der Waals surface area contributed by atoms with Gasteiger partial charge in [0.15, 0.2) is 0 Å². The van der Waals surface area contributed by atoms with E-state index < -0.39 is 0 Å². The summed E-state index contributed by atoms with van der Waals surface area (Å²) in [5.41, 5.74) is 5.23. The fraction of sp³-hybridized carbons (Fsp3) is 0.200. The van der Waals surface area contributed by atoms with E-state index in [1.165, 1.54) is 13.0 Å². The Morgan fingerprint density at radius 1 is 1.86 bits per heavy atom. The van der Waals surface area contributed by atoms with Gasteiger partial charge in [0, 0.05) is 5.70 Å². The summed E-state index contributed by atoms with van der Waals surface area (Å²) in [7, 11) is 0. The third-order valence-electron chi connectivity index (χ3n) is 0.384. The van der Waals surface area contributed by atoms with Crippen molar-refractivity contribution in [3.8, 4) is 0 Å². The summed E-state index contributed by atoms with van der Waals surface area (Å²) in [5.74, 6) is -0.312. The first-order valence-electron chi connectivity index (χ1n) is 1.91.